The fourth-order valence-electron chi connectivity index (χ4n) is 8.04. The van der Waals surface area contributed by atoms with Crippen LogP contribution in [0, 0.1) is 0 Å². The van der Waals surface area contributed by atoms with Gasteiger partial charge < -0.3 is 19.6 Å². The molecule has 6 aromatic carbocycles. The Morgan fingerprint density at radius 2 is 0.822 bits per heavy atom. The molecule has 0 radical (unpaired) electrons. The minimum atomic E-state index is -0.477. The molecule has 218 valence electrons. The molecule has 0 fully saturated rings. The van der Waals surface area contributed by atoms with Gasteiger partial charge in [-0.15, -0.1) is 0 Å². The lowest BCUT2D eigenvalue weighted by atomic mass is 9.67. The Hall–Kier alpha value is -5.48. The molecular formula is C41H34N4. The molecule has 45 heavy (non-hydrogen) atoms. The SMILES string of the molecule is CN1CN(c2cccc(C3(c4cccc(N5CN(C)c6ccccc65)c4)c4ccccc4-c4ccccc43)c2)c2ccccc21. The lowest BCUT2D eigenvalue weighted by Gasteiger charge is -2.35. The molecular weight excluding hydrogens is 548 g/mol. The summed E-state index contributed by atoms with van der Waals surface area (Å²) in [7, 11) is 4.35. The second-order valence-corrected chi connectivity index (χ2v) is 12.5. The zero-order valence-electron chi connectivity index (χ0n) is 25.6. The topological polar surface area (TPSA) is 13.0 Å². The van der Waals surface area contributed by atoms with Crippen molar-refractivity contribution < 1.29 is 0 Å². The number of hydrogen-bond donors (Lipinski definition) is 0. The number of hydrogen-bond acceptors (Lipinski definition) is 4. The maximum absolute atomic E-state index is 2.44. The van der Waals surface area contributed by atoms with Gasteiger partial charge in [-0.3, -0.25) is 0 Å². The zero-order valence-corrected chi connectivity index (χ0v) is 25.6. The van der Waals surface area contributed by atoms with E-state index in [0.717, 1.165) is 13.3 Å². The molecule has 0 bridgehead atoms. The van der Waals surface area contributed by atoms with E-state index in [0.29, 0.717) is 0 Å². The van der Waals surface area contributed by atoms with Crippen LogP contribution in [0.4, 0.5) is 34.1 Å². The molecule has 3 aliphatic rings. The van der Waals surface area contributed by atoms with Crippen molar-refractivity contribution in [1.29, 1.82) is 0 Å². The number of nitrogens with zero attached hydrogens (tertiary/aromatic N) is 4. The molecule has 6 aromatic rings. The molecule has 2 heterocycles. The van der Waals surface area contributed by atoms with Gasteiger partial charge in [-0.1, -0.05) is 97.1 Å². The van der Waals surface area contributed by atoms with Gasteiger partial charge in [0.05, 0.1) is 41.5 Å². The minimum absolute atomic E-state index is 0.477. The van der Waals surface area contributed by atoms with Gasteiger partial charge >= 0.3 is 0 Å². The molecule has 0 spiro atoms. The van der Waals surface area contributed by atoms with Crippen LogP contribution in [-0.2, 0) is 5.41 Å². The summed E-state index contributed by atoms with van der Waals surface area (Å²) in [4.78, 5) is 9.53. The van der Waals surface area contributed by atoms with Gasteiger partial charge in [0, 0.05) is 25.5 Å². The Labute approximate surface area is 265 Å². The van der Waals surface area contributed by atoms with E-state index in [4.69, 9.17) is 0 Å². The first-order valence-corrected chi connectivity index (χ1v) is 15.7. The zero-order chi connectivity index (χ0) is 30.1. The van der Waals surface area contributed by atoms with Gasteiger partial charge in [0.1, 0.15) is 0 Å². The number of benzene rings is 6. The van der Waals surface area contributed by atoms with Crippen LogP contribution in [-0.4, -0.2) is 27.4 Å². The Kier molecular flexibility index (Phi) is 5.63. The Balaban J connectivity index is 1.28. The lowest BCUT2D eigenvalue weighted by molar-refractivity contribution is 0.767. The summed E-state index contributed by atoms with van der Waals surface area (Å²) in [5, 5.41) is 0. The number of anilines is 6. The molecule has 2 aliphatic heterocycles. The summed E-state index contributed by atoms with van der Waals surface area (Å²) in [6.45, 7) is 1.64. The summed E-state index contributed by atoms with van der Waals surface area (Å²) < 4.78 is 0. The maximum atomic E-state index is 2.44. The van der Waals surface area contributed by atoms with Gasteiger partial charge in [-0.2, -0.15) is 0 Å². The summed E-state index contributed by atoms with van der Waals surface area (Å²) in [5.74, 6) is 0. The van der Waals surface area contributed by atoms with E-state index in [1.54, 1.807) is 0 Å². The van der Waals surface area contributed by atoms with E-state index in [1.165, 1.54) is 67.5 Å². The van der Waals surface area contributed by atoms with Crippen molar-refractivity contribution in [2.45, 2.75) is 5.41 Å². The van der Waals surface area contributed by atoms with E-state index in [2.05, 4.69) is 179 Å². The molecule has 0 unspecified atom stereocenters. The summed E-state index contributed by atoms with van der Waals surface area (Å²) >= 11 is 0. The highest BCUT2D eigenvalue weighted by Crippen LogP contribution is 2.57. The van der Waals surface area contributed by atoms with Crippen LogP contribution in [0.2, 0.25) is 0 Å². The highest BCUT2D eigenvalue weighted by atomic mass is 15.4. The van der Waals surface area contributed by atoms with E-state index >= 15 is 0 Å². The van der Waals surface area contributed by atoms with Crippen molar-refractivity contribution >= 4 is 34.1 Å². The predicted octanol–water partition coefficient (Wildman–Crippen LogP) is 9.14. The number of para-hydroxylation sites is 4. The molecule has 0 N–H and O–H groups in total. The second-order valence-electron chi connectivity index (χ2n) is 12.5. The largest absolute Gasteiger partial charge is 0.355 e. The average Bonchev–Trinajstić information content (AvgIpc) is 3.73. The quantitative estimate of drug-likeness (QED) is 0.205. The first-order valence-electron chi connectivity index (χ1n) is 15.7. The summed E-state index contributed by atoms with van der Waals surface area (Å²) in [6, 6.07) is 54.0. The van der Waals surface area contributed by atoms with E-state index < -0.39 is 5.41 Å². The third kappa shape index (κ3) is 3.66. The Morgan fingerprint density at radius 1 is 0.422 bits per heavy atom. The third-order valence-corrected chi connectivity index (χ3v) is 10.0. The van der Waals surface area contributed by atoms with E-state index in [-0.39, 0.29) is 0 Å². The molecule has 4 heteroatoms. The molecule has 0 saturated carbocycles. The van der Waals surface area contributed by atoms with Crippen LogP contribution >= 0.6 is 0 Å². The van der Waals surface area contributed by atoms with Crippen molar-refractivity contribution in [1.82, 2.24) is 0 Å². The van der Waals surface area contributed by atoms with E-state index in [9.17, 15) is 0 Å². The van der Waals surface area contributed by atoms with E-state index in [1.807, 2.05) is 0 Å². The highest BCUT2D eigenvalue weighted by Gasteiger charge is 2.46. The van der Waals surface area contributed by atoms with Crippen LogP contribution in [0.15, 0.2) is 146 Å². The van der Waals surface area contributed by atoms with Gasteiger partial charge in [0.2, 0.25) is 0 Å². The van der Waals surface area contributed by atoms with Crippen molar-refractivity contribution in [2.24, 2.45) is 0 Å². The smallest absolute Gasteiger partial charge is 0.0950 e. The normalized spacial score (nSPS) is 15.6. The number of fused-ring (bicyclic) bond motifs is 5. The predicted molar refractivity (Wildman–Crippen MR) is 187 cm³/mol. The van der Waals surface area contributed by atoms with Gasteiger partial charge in [-0.25, -0.2) is 0 Å². The summed E-state index contributed by atoms with van der Waals surface area (Å²) in [6.07, 6.45) is 0. The molecule has 9 rings (SSSR count). The van der Waals surface area contributed by atoms with Gasteiger partial charge in [0.25, 0.3) is 0 Å². The standard InChI is InChI=1S/C41H34N4/c1-42-27-44(39-23-9-7-21-37(39)42)31-15-11-13-29(25-31)41(35-19-5-3-17-33(35)34-18-4-6-20-36(34)41)30-14-12-16-32(26-30)45-28-43(2)38-22-8-10-24-40(38)45/h3-26H,27-28H2,1-2H3. The maximum Gasteiger partial charge on any atom is 0.0950 e. The monoisotopic (exact) mass is 582 g/mol. The van der Waals surface area contributed by atoms with Crippen molar-refractivity contribution in [3.05, 3.63) is 168 Å². The Bertz CT molecular complexity index is 1950. The van der Waals surface area contributed by atoms with Crippen LogP contribution in [0.25, 0.3) is 11.1 Å². The van der Waals surface area contributed by atoms with Crippen LogP contribution in [0.5, 0.6) is 0 Å². The lowest BCUT2D eigenvalue weighted by Crippen LogP contribution is -2.30. The molecule has 1 aliphatic carbocycles. The summed E-state index contributed by atoms with van der Waals surface area (Å²) in [5.41, 5.74) is 14.8. The molecule has 0 atom stereocenters. The molecule has 0 amide bonds. The molecule has 0 aromatic heterocycles. The highest BCUT2D eigenvalue weighted by molar-refractivity contribution is 5.89. The first kappa shape index (κ1) is 26.0. The minimum Gasteiger partial charge on any atom is -0.355 e. The average molecular weight is 583 g/mol. The fraction of sp³-hybridized carbons (Fsp3) is 0.122. The van der Waals surface area contributed by atoms with Gasteiger partial charge in [-0.05, 0) is 81.9 Å². The second kappa shape index (κ2) is 9.76. The molecule has 4 nitrogen and oxygen atoms in total. The van der Waals surface area contributed by atoms with Crippen LogP contribution < -0.4 is 19.6 Å². The van der Waals surface area contributed by atoms with Crippen LogP contribution in [0.3, 0.4) is 0 Å². The fourth-order valence-corrected chi connectivity index (χ4v) is 8.04. The van der Waals surface area contributed by atoms with Crippen LogP contribution in [0.1, 0.15) is 22.3 Å². The van der Waals surface area contributed by atoms with Crippen molar-refractivity contribution in [3.8, 4) is 11.1 Å². The first-order chi connectivity index (χ1) is 22.1. The third-order valence-electron chi connectivity index (χ3n) is 10.0. The van der Waals surface area contributed by atoms with Crippen molar-refractivity contribution in [2.75, 3.05) is 47.0 Å². The number of rotatable bonds is 4. The van der Waals surface area contributed by atoms with Crippen molar-refractivity contribution in [3.63, 3.8) is 0 Å². The Morgan fingerprint density at radius 3 is 1.29 bits per heavy atom. The molecule has 0 saturated heterocycles. The van der Waals surface area contributed by atoms with Gasteiger partial charge in [0.15, 0.2) is 0 Å².